The summed E-state index contributed by atoms with van der Waals surface area (Å²) in [6.07, 6.45) is 5.41. The molecule has 6 nitrogen and oxygen atoms in total. The lowest BCUT2D eigenvalue weighted by Crippen LogP contribution is -2.33. The van der Waals surface area contributed by atoms with Crippen molar-refractivity contribution in [3.63, 3.8) is 0 Å². The molecule has 0 saturated heterocycles. The van der Waals surface area contributed by atoms with Crippen LogP contribution >= 0.6 is 0 Å². The van der Waals surface area contributed by atoms with Crippen LogP contribution < -0.4 is 4.74 Å². The monoisotopic (exact) mass is 484 g/mol. The van der Waals surface area contributed by atoms with E-state index in [0.717, 1.165) is 47.5 Å². The molecule has 0 amide bonds. The number of nitrogens with zero attached hydrogens (tertiary/aromatic N) is 2. The number of oxime groups is 1. The predicted molar refractivity (Wildman–Crippen MR) is 143 cm³/mol. The van der Waals surface area contributed by atoms with Gasteiger partial charge in [-0.15, -0.1) is 0 Å². The third-order valence-corrected chi connectivity index (χ3v) is 6.19. The van der Waals surface area contributed by atoms with Gasteiger partial charge in [-0.25, -0.2) is 0 Å². The summed E-state index contributed by atoms with van der Waals surface area (Å²) in [6.45, 7) is 5.06. The first-order chi connectivity index (χ1) is 17.6. The molecule has 0 bridgehead atoms. The van der Waals surface area contributed by atoms with Crippen LogP contribution in [0.1, 0.15) is 23.1 Å². The van der Waals surface area contributed by atoms with Gasteiger partial charge in [0.2, 0.25) is 0 Å². The molecule has 1 aliphatic heterocycles. The molecule has 0 saturated carbocycles. The molecule has 1 N–H and O–H groups in total. The van der Waals surface area contributed by atoms with E-state index in [-0.39, 0.29) is 13.0 Å². The van der Waals surface area contributed by atoms with Crippen LogP contribution in [0.5, 0.6) is 5.75 Å². The molecule has 0 fully saturated rings. The molecule has 6 heteroatoms. The van der Waals surface area contributed by atoms with Crippen LogP contribution in [0.2, 0.25) is 0 Å². The van der Waals surface area contributed by atoms with Crippen LogP contribution in [0.15, 0.2) is 90.1 Å². The number of benzene rings is 3. The molecular weight excluding hydrogens is 452 g/mol. The molecule has 0 spiro atoms. The summed E-state index contributed by atoms with van der Waals surface area (Å²) in [5.74, 6) is -0.195. The maximum Gasteiger partial charge on any atom is 0.307 e. The van der Waals surface area contributed by atoms with E-state index in [4.69, 9.17) is 14.7 Å². The number of carboxylic acids is 1. The Balaban J connectivity index is 1.40. The third-order valence-electron chi connectivity index (χ3n) is 6.19. The maximum absolute atomic E-state index is 11.1. The minimum Gasteiger partial charge on any atom is -0.490 e. The molecule has 36 heavy (non-hydrogen) atoms. The summed E-state index contributed by atoms with van der Waals surface area (Å²) in [7, 11) is 0. The van der Waals surface area contributed by atoms with Crippen LogP contribution in [0, 0.1) is 6.92 Å². The first-order valence-electron chi connectivity index (χ1n) is 12.3. The fraction of sp³-hybridized carbons (Fsp3) is 0.267. The van der Waals surface area contributed by atoms with Gasteiger partial charge in [0.05, 0.1) is 6.42 Å². The topological polar surface area (TPSA) is 71.4 Å². The molecule has 0 radical (unpaired) electrons. The number of rotatable bonds is 11. The summed E-state index contributed by atoms with van der Waals surface area (Å²) in [6, 6.07) is 24.2. The molecule has 4 rings (SSSR count). The fourth-order valence-electron chi connectivity index (χ4n) is 4.19. The lowest BCUT2D eigenvalue weighted by molar-refractivity contribution is -0.136. The van der Waals surface area contributed by atoms with Gasteiger partial charge >= 0.3 is 5.97 Å². The largest absolute Gasteiger partial charge is 0.490 e. The van der Waals surface area contributed by atoms with Gasteiger partial charge in [-0.1, -0.05) is 84.0 Å². The number of aliphatic carboxylic acids is 1. The summed E-state index contributed by atoms with van der Waals surface area (Å²) in [5.41, 5.74) is 5.83. The van der Waals surface area contributed by atoms with Gasteiger partial charge in [0.25, 0.3) is 0 Å². The molecule has 186 valence electrons. The average molecular weight is 485 g/mol. The summed E-state index contributed by atoms with van der Waals surface area (Å²) < 4.78 is 5.85. The second-order valence-corrected chi connectivity index (χ2v) is 8.77. The molecule has 0 atom stereocenters. The van der Waals surface area contributed by atoms with Crippen LogP contribution in [0.25, 0.3) is 11.1 Å². The van der Waals surface area contributed by atoms with Crippen molar-refractivity contribution in [3.8, 4) is 16.9 Å². The minimum atomic E-state index is -0.860. The van der Waals surface area contributed by atoms with Crippen molar-refractivity contribution >= 4 is 11.7 Å². The zero-order chi connectivity index (χ0) is 25.2. The highest BCUT2D eigenvalue weighted by Gasteiger charge is 2.13. The SMILES string of the molecule is Cc1c(CC(=O)O)cccc1OCCO/N=C(\CN1CC=CCC1)c1ccc(-c2ccccc2)cc1. The minimum absolute atomic E-state index is 0.0259. The zero-order valence-electron chi connectivity index (χ0n) is 20.6. The van der Waals surface area contributed by atoms with E-state index in [1.807, 2.05) is 43.3 Å². The van der Waals surface area contributed by atoms with Crippen molar-refractivity contribution in [2.75, 3.05) is 32.8 Å². The molecule has 3 aromatic rings. The standard InChI is InChI=1S/C30H32N2O4/c1-23-27(21-30(33)34)11-8-12-29(23)35-19-20-36-31-28(22-32-17-6-3-7-18-32)26-15-13-25(14-16-26)24-9-4-2-5-10-24/h2-6,8-16H,7,17-22H2,1H3,(H,33,34)/b31-28+. The summed E-state index contributed by atoms with van der Waals surface area (Å²) in [4.78, 5) is 19.1. The Kier molecular flexibility index (Phi) is 8.89. The highest BCUT2D eigenvalue weighted by molar-refractivity contribution is 6.02. The van der Waals surface area contributed by atoms with Crippen LogP contribution in [0.3, 0.4) is 0 Å². The molecule has 1 heterocycles. The lowest BCUT2D eigenvalue weighted by Gasteiger charge is -2.23. The van der Waals surface area contributed by atoms with Gasteiger partial charge in [0.15, 0.2) is 6.61 Å². The van der Waals surface area contributed by atoms with Gasteiger partial charge in [0.1, 0.15) is 18.1 Å². The molecule has 3 aromatic carbocycles. The Labute approximate surface area is 212 Å². The summed E-state index contributed by atoms with van der Waals surface area (Å²) >= 11 is 0. The Morgan fingerprint density at radius 1 is 0.944 bits per heavy atom. The van der Waals surface area contributed by atoms with Gasteiger partial charge in [-0.2, -0.15) is 0 Å². The summed E-state index contributed by atoms with van der Waals surface area (Å²) in [5, 5.41) is 13.6. The maximum atomic E-state index is 11.1. The van der Waals surface area contributed by atoms with E-state index < -0.39 is 5.97 Å². The van der Waals surface area contributed by atoms with E-state index >= 15 is 0 Å². The van der Waals surface area contributed by atoms with Crippen LogP contribution in [-0.2, 0) is 16.1 Å². The van der Waals surface area contributed by atoms with Crippen molar-refractivity contribution in [2.45, 2.75) is 19.8 Å². The van der Waals surface area contributed by atoms with Crippen LogP contribution in [0.4, 0.5) is 0 Å². The zero-order valence-corrected chi connectivity index (χ0v) is 20.6. The van der Waals surface area contributed by atoms with E-state index in [2.05, 4.69) is 58.6 Å². The molecule has 0 aromatic heterocycles. The number of ether oxygens (including phenoxy) is 1. The van der Waals surface area contributed by atoms with Crippen LogP contribution in [-0.4, -0.2) is 54.5 Å². The highest BCUT2D eigenvalue weighted by Crippen LogP contribution is 2.22. The Morgan fingerprint density at radius 2 is 1.72 bits per heavy atom. The molecule has 0 unspecified atom stereocenters. The van der Waals surface area contributed by atoms with Crippen molar-refractivity contribution < 1.29 is 19.5 Å². The Bertz CT molecular complexity index is 1200. The van der Waals surface area contributed by atoms with Crippen molar-refractivity contribution in [3.05, 3.63) is 102 Å². The second-order valence-electron chi connectivity index (χ2n) is 8.77. The van der Waals surface area contributed by atoms with E-state index in [0.29, 0.717) is 18.9 Å². The van der Waals surface area contributed by atoms with Crippen molar-refractivity contribution in [1.82, 2.24) is 4.90 Å². The first kappa shape index (κ1) is 25.2. The fourth-order valence-corrected chi connectivity index (χ4v) is 4.19. The number of carbonyl (C=O) groups is 1. The van der Waals surface area contributed by atoms with E-state index in [1.165, 1.54) is 5.56 Å². The number of hydrogen-bond acceptors (Lipinski definition) is 5. The number of hydrogen-bond donors (Lipinski definition) is 1. The molecule has 0 aliphatic carbocycles. The van der Waals surface area contributed by atoms with Gasteiger partial charge in [0, 0.05) is 25.2 Å². The average Bonchev–Trinajstić information content (AvgIpc) is 2.91. The third kappa shape index (κ3) is 7.06. The smallest absolute Gasteiger partial charge is 0.307 e. The van der Waals surface area contributed by atoms with E-state index in [9.17, 15) is 4.79 Å². The molecular formula is C30H32N2O4. The Morgan fingerprint density at radius 3 is 2.44 bits per heavy atom. The lowest BCUT2D eigenvalue weighted by atomic mass is 10.0. The normalized spacial score (nSPS) is 14.0. The second kappa shape index (κ2) is 12.7. The van der Waals surface area contributed by atoms with Crippen molar-refractivity contribution in [1.29, 1.82) is 0 Å². The number of carboxylic acid groups (broad SMARTS) is 1. The molecule has 1 aliphatic rings. The Hall–Kier alpha value is -3.90. The quantitative estimate of drug-likeness (QED) is 0.172. The highest BCUT2D eigenvalue weighted by atomic mass is 16.6. The van der Waals surface area contributed by atoms with Gasteiger partial charge in [-0.3, -0.25) is 9.69 Å². The van der Waals surface area contributed by atoms with Crippen molar-refractivity contribution in [2.24, 2.45) is 5.16 Å². The van der Waals surface area contributed by atoms with Gasteiger partial charge in [-0.05, 0) is 41.7 Å². The van der Waals surface area contributed by atoms with E-state index in [1.54, 1.807) is 0 Å². The van der Waals surface area contributed by atoms with Gasteiger partial charge < -0.3 is 14.7 Å². The predicted octanol–water partition coefficient (Wildman–Crippen LogP) is 5.35. The first-order valence-corrected chi connectivity index (χ1v) is 12.3.